The quantitative estimate of drug-likeness (QED) is 0.525. The number of fused-ring (bicyclic) bond motifs is 1. The number of hydrogen-bond donors (Lipinski definition) is 1. The van der Waals surface area contributed by atoms with E-state index in [4.69, 9.17) is 0 Å². The van der Waals surface area contributed by atoms with Crippen LogP contribution in [0.25, 0.3) is 22.0 Å². The zero-order chi connectivity index (χ0) is 20.9. The summed E-state index contributed by atoms with van der Waals surface area (Å²) < 4.78 is 81.3. The van der Waals surface area contributed by atoms with Crippen molar-refractivity contribution in [1.29, 1.82) is 0 Å². The van der Waals surface area contributed by atoms with Crippen LogP contribution in [0.1, 0.15) is 16.8 Å². The first-order valence-electron chi connectivity index (χ1n) is 7.94. The van der Waals surface area contributed by atoms with Crippen molar-refractivity contribution in [3.05, 3.63) is 53.2 Å². The Bertz CT molecular complexity index is 1040. The predicted octanol–water partition coefficient (Wildman–Crippen LogP) is 6.14. The van der Waals surface area contributed by atoms with Crippen LogP contribution >= 0.6 is 0 Å². The molecule has 0 spiro atoms. The van der Waals surface area contributed by atoms with E-state index in [1.54, 1.807) is 13.8 Å². The van der Waals surface area contributed by atoms with Gasteiger partial charge in [0.1, 0.15) is 11.5 Å². The molecule has 28 heavy (non-hydrogen) atoms. The van der Waals surface area contributed by atoms with Crippen LogP contribution in [0.5, 0.6) is 11.5 Å². The van der Waals surface area contributed by atoms with Gasteiger partial charge in [-0.15, -0.1) is 13.2 Å². The minimum absolute atomic E-state index is 0.0152. The Labute approximate surface area is 155 Å². The van der Waals surface area contributed by atoms with Gasteiger partial charge in [0, 0.05) is 16.6 Å². The van der Waals surface area contributed by atoms with Crippen molar-refractivity contribution in [1.82, 2.24) is 4.98 Å². The SMILES string of the molecule is Cc1nc2cc(C(F)(F)F)c(-c3ccc(OC(F)(F)F)cc3)cc2c(O)c1C. The molecule has 0 aliphatic carbocycles. The first-order valence-corrected chi connectivity index (χ1v) is 7.94. The Hall–Kier alpha value is -2.97. The van der Waals surface area contributed by atoms with E-state index < -0.39 is 23.9 Å². The molecule has 0 radical (unpaired) electrons. The number of rotatable bonds is 2. The van der Waals surface area contributed by atoms with E-state index in [1.807, 2.05) is 0 Å². The second kappa shape index (κ2) is 6.57. The van der Waals surface area contributed by atoms with Crippen molar-refractivity contribution in [2.45, 2.75) is 26.4 Å². The monoisotopic (exact) mass is 401 g/mol. The summed E-state index contributed by atoms with van der Waals surface area (Å²) in [6.45, 7) is 3.15. The molecule has 0 saturated carbocycles. The van der Waals surface area contributed by atoms with Crippen molar-refractivity contribution < 1.29 is 36.2 Å². The highest BCUT2D eigenvalue weighted by Gasteiger charge is 2.35. The van der Waals surface area contributed by atoms with Gasteiger partial charge < -0.3 is 9.84 Å². The molecule has 148 valence electrons. The van der Waals surface area contributed by atoms with Crippen molar-refractivity contribution >= 4 is 10.9 Å². The second-order valence-electron chi connectivity index (χ2n) is 6.16. The van der Waals surface area contributed by atoms with E-state index in [-0.39, 0.29) is 27.8 Å². The Kier molecular flexibility index (Phi) is 4.64. The third-order valence-corrected chi connectivity index (χ3v) is 4.28. The maximum atomic E-state index is 13.6. The van der Waals surface area contributed by atoms with E-state index in [0.717, 1.165) is 36.4 Å². The summed E-state index contributed by atoms with van der Waals surface area (Å²) in [4.78, 5) is 4.09. The van der Waals surface area contributed by atoms with Crippen LogP contribution in [0.3, 0.4) is 0 Å². The number of aryl methyl sites for hydroxylation is 1. The average molecular weight is 401 g/mol. The Morgan fingerprint density at radius 3 is 2.07 bits per heavy atom. The Morgan fingerprint density at radius 2 is 1.54 bits per heavy atom. The molecule has 1 N–H and O–H groups in total. The number of halogens is 6. The first-order chi connectivity index (χ1) is 12.9. The molecule has 1 heterocycles. The maximum Gasteiger partial charge on any atom is 0.573 e. The second-order valence-corrected chi connectivity index (χ2v) is 6.16. The van der Waals surface area contributed by atoms with Crippen LogP contribution in [-0.4, -0.2) is 16.5 Å². The topological polar surface area (TPSA) is 42.4 Å². The third-order valence-electron chi connectivity index (χ3n) is 4.28. The smallest absolute Gasteiger partial charge is 0.507 e. The fourth-order valence-corrected chi connectivity index (χ4v) is 2.82. The maximum absolute atomic E-state index is 13.6. The van der Waals surface area contributed by atoms with Crippen molar-refractivity contribution in [3.63, 3.8) is 0 Å². The van der Waals surface area contributed by atoms with Gasteiger partial charge in [-0.25, -0.2) is 0 Å². The molecule has 0 unspecified atom stereocenters. The van der Waals surface area contributed by atoms with Crippen LogP contribution in [0, 0.1) is 13.8 Å². The number of hydrogen-bond acceptors (Lipinski definition) is 3. The molecule has 3 rings (SSSR count). The molecular weight excluding hydrogens is 388 g/mol. The number of pyridine rings is 1. The van der Waals surface area contributed by atoms with Gasteiger partial charge in [0.2, 0.25) is 0 Å². The molecule has 0 aliphatic rings. The number of aromatic nitrogens is 1. The number of benzene rings is 2. The van der Waals surface area contributed by atoms with E-state index >= 15 is 0 Å². The fraction of sp³-hybridized carbons (Fsp3) is 0.211. The van der Waals surface area contributed by atoms with Crippen molar-refractivity contribution in [2.24, 2.45) is 0 Å². The van der Waals surface area contributed by atoms with Crippen molar-refractivity contribution in [2.75, 3.05) is 0 Å². The van der Waals surface area contributed by atoms with Crippen LogP contribution in [0.4, 0.5) is 26.3 Å². The number of ether oxygens (including phenoxy) is 1. The molecule has 0 amide bonds. The third kappa shape index (κ3) is 3.83. The van der Waals surface area contributed by atoms with Crippen LogP contribution in [0.2, 0.25) is 0 Å². The molecule has 0 aliphatic heterocycles. The predicted molar refractivity (Wildman–Crippen MR) is 90.0 cm³/mol. The minimum Gasteiger partial charge on any atom is -0.507 e. The highest BCUT2D eigenvalue weighted by molar-refractivity contribution is 5.92. The zero-order valence-electron chi connectivity index (χ0n) is 14.5. The molecule has 3 nitrogen and oxygen atoms in total. The van der Waals surface area contributed by atoms with E-state index in [1.165, 1.54) is 0 Å². The first kappa shape index (κ1) is 19.8. The molecule has 0 fully saturated rings. The van der Waals surface area contributed by atoms with Gasteiger partial charge >= 0.3 is 12.5 Å². The summed E-state index contributed by atoms with van der Waals surface area (Å²) in [5.74, 6) is -0.754. The van der Waals surface area contributed by atoms with Crippen LogP contribution in [0.15, 0.2) is 36.4 Å². The van der Waals surface area contributed by atoms with Gasteiger partial charge in [-0.1, -0.05) is 12.1 Å². The number of aromatic hydroxyl groups is 1. The molecule has 2 aromatic carbocycles. The van der Waals surface area contributed by atoms with Gasteiger partial charge in [0.05, 0.1) is 11.1 Å². The van der Waals surface area contributed by atoms with Gasteiger partial charge in [-0.2, -0.15) is 13.2 Å². The lowest BCUT2D eigenvalue weighted by Gasteiger charge is -2.16. The fourth-order valence-electron chi connectivity index (χ4n) is 2.82. The lowest BCUT2D eigenvalue weighted by atomic mass is 9.95. The standard InChI is InChI=1S/C19H13F6NO2/c1-9-10(2)26-16-8-15(18(20,21)22)13(7-14(16)17(9)27)11-3-5-12(6-4-11)28-19(23,24)25/h3-8H,1-2H3,(H,26,27). The Morgan fingerprint density at radius 1 is 0.929 bits per heavy atom. The van der Waals surface area contributed by atoms with Gasteiger partial charge in [-0.3, -0.25) is 4.98 Å². The summed E-state index contributed by atoms with van der Waals surface area (Å²) in [6.07, 6.45) is -9.64. The van der Waals surface area contributed by atoms with E-state index in [0.29, 0.717) is 11.3 Å². The average Bonchev–Trinajstić information content (AvgIpc) is 2.57. The summed E-state index contributed by atoms with van der Waals surface area (Å²) in [5.41, 5.74) is -0.514. The minimum atomic E-state index is -4.91. The molecule has 0 atom stereocenters. The summed E-state index contributed by atoms with van der Waals surface area (Å²) >= 11 is 0. The molecule has 9 heteroatoms. The van der Waals surface area contributed by atoms with E-state index in [2.05, 4.69) is 9.72 Å². The molecule has 0 bridgehead atoms. The normalized spacial score (nSPS) is 12.4. The Balaban J connectivity index is 2.21. The molecule has 1 aromatic heterocycles. The molecule has 0 saturated heterocycles. The highest BCUT2D eigenvalue weighted by atomic mass is 19.4. The highest BCUT2D eigenvalue weighted by Crippen LogP contribution is 2.42. The summed E-state index contributed by atoms with van der Waals surface area (Å²) in [5, 5.41) is 10.4. The summed E-state index contributed by atoms with van der Waals surface area (Å²) in [7, 11) is 0. The van der Waals surface area contributed by atoms with Crippen molar-refractivity contribution in [3.8, 4) is 22.6 Å². The van der Waals surface area contributed by atoms with Gasteiger partial charge in [-0.05, 0) is 49.2 Å². The molecule has 3 aromatic rings. The van der Waals surface area contributed by atoms with Crippen LogP contribution in [-0.2, 0) is 6.18 Å². The van der Waals surface area contributed by atoms with Gasteiger partial charge in [0.15, 0.2) is 0 Å². The largest absolute Gasteiger partial charge is 0.573 e. The number of nitrogens with zero attached hydrogens (tertiary/aromatic N) is 1. The summed E-state index contributed by atoms with van der Waals surface area (Å²) in [6, 6.07) is 5.97. The number of alkyl halides is 6. The van der Waals surface area contributed by atoms with E-state index in [9.17, 15) is 31.4 Å². The lowest BCUT2D eigenvalue weighted by Crippen LogP contribution is -2.17. The molecular formula is C19H13F6NO2. The lowest BCUT2D eigenvalue weighted by molar-refractivity contribution is -0.274. The zero-order valence-corrected chi connectivity index (χ0v) is 14.5. The van der Waals surface area contributed by atoms with Crippen LogP contribution < -0.4 is 4.74 Å². The van der Waals surface area contributed by atoms with Gasteiger partial charge in [0.25, 0.3) is 0 Å².